The summed E-state index contributed by atoms with van der Waals surface area (Å²) in [7, 11) is 4.01. The monoisotopic (exact) mass is 423 g/mol. The second-order valence-corrected chi connectivity index (χ2v) is 8.95. The Labute approximate surface area is 177 Å². The minimum absolute atomic E-state index is 0.0658. The van der Waals surface area contributed by atoms with Gasteiger partial charge in [-0.3, -0.25) is 14.3 Å². The molecule has 1 aromatic carbocycles. The predicted octanol–water partition coefficient (Wildman–Crippen LogP) is 4.28. The highest BCUT2D eigenvalue weighted by molar-refractivity contribution is 7.99. The van der Waals surface area contributed by atoms with Crippen LogP contribution < -0.4 is 0 Å². The van der Waals surface area contributed by atoms with Crippen LogP contribution in [-0.4, -0.2) is 62.4 Å². The zero-order chi connectivity index (χ0) is 21.0. The molecule has 0 fully saturated rings. The molecule has 6 nitrogen and oxygen atoms in total. The molecule has 0 N–H and O–H groups in total. The molecule has 0 spiro atoms. The van der Waals surface area contributed by atoms with E-state index in [4.69, 9.17) is 11.6 Å². The van der Waals surface area contributed by atoms with Crippen LogP contribution in [0.25, 0.3) is 5.69 Å². The third-order valence-electron chi connectivity index (χ3n) is 4.62. The topological polar surface area (TPSA) is 54.3 Å². The number of nitrogens with zero attached hydrogens (tertiary/aromatic N) is 5. The molecular formula is C20H30ClN5OS. The molecule has 28 heavy (non-hydrogen) atoms. The van der Waals surface area contributed by atoms with Gasteiger partial charge in [-0.2, -0.15) is 0 Å². The van der Waals surface area contributed by atoms with E-state index in [1.54, 1.807) is 0 Å². The van der Waals surface area contributed by atoms with E-state index < -0.39 is 0 Å². The van der Waals surface area contributed by atoms with Gasteiger partial charge in [0, 0.05) is 22.8 Å². The summed E-state index contributed by atoms with van der Waals surface area (Å²) >= 11 is 7.47. The number of carbonyl (C=O) groups excluding carboxylic acids is 1. The molecule has 0 aliphatic rings. The second-order valence-electron chi connectivity index (χ2n) is 7.57. The molecule has 0 aliphatic carbocycles. The number of aromatic nitrogens is 3. The number of rotatable bonds is 8. The van der Waals surface area contributed by atoms with Gasteiger partial charge in [-0.05, 0) is 73.0 Å². The van der Waals surface area contributed by atoms with Gasteiger partial charge in [-0.15, -0.1) is 10.2 Å². The summed E-state index contributed by atoms with van der Waals surface area (Å²) in [6, 6.07) is 7.96. The zero-order valence-electron chi connectivity index (χ0n) is 17.7. The summed E-state index contributed by atoms with van der Waals surface area (Å²) in [5, 5.41) is 10.2. The molecule has 1 atom stereocenters. The third kappa shape index (κ3) is 5.27. The van der Waals surface area contributed by atoms with E-state index in [-0.39, 0.29) is 24.0 Å². The molecule has 154 valence electrons. The van der Waals surface area contributed by atoms with Crippen LogP contribution in [0.5, 0.6) is 0 Å². The van der Waals surface area contributed by atoms with Gasteiger partial charge < -0.3 is 4.90 Å². The first-order valence-electron chi connectivity index (χ1n) is 9.45. The number of benzene rings is 1. The van der Waals surface area contributed by atoms with Crippen LogP contribution in [0.15, 0.2) is 29.4 Å². The van der Waals surface area contributed by atoms with Crippen LogP contribution in [0.2, 0.25) is 5.02 Å². The third-order valence-corrected chi connectivity index (χ3v) is 5.78. The fraction of sp³-hybridized carbons (Fsp3) is 0.550. The van der Waals surface area contributed by atoms with Crippen molar-refractivity contribution in [1.29, 1.82) is 0 Å². The van der Waals surface area contributed by atoms with Crippen molar-refractivity contribution in [2.75, 3.05) is 19.8 Å². The Morgan fingerprint density at radius 1 is 1.07 bits per heavy atom. The maximum atomic E-state index is 12.8. The Morgan fingerprint density at radius 3 is 2.14 bits per heavy atom. The second kappa shape index (κ2) is 9.76. The molecule has 0 bridgehead atoms. The molecule has 0 saturated carbocycles. The van der Waals surface area contributed by atoms with Gasteiger partial charge in [0.05, 0.1) is 11.8 Å². The average molecular weight is 424 g/mol. The summed E-state index contributed by atoms with van der Waals surface area (Å²) in [5.74, 6) is 1.24. The molecule has 1 heterocycles. The van der Waals surface area contributed by atoms with Crippen molar-refractivity contribution in [2.45, 2.75) is 57.9 Å². The van der Waals surface area contributed by atoms with Crippen LogP contribution in [-0.2, 0) is 4.79 Å². The van der Waals surface area contributed by atoms with Crippen LogP contribution in [0.1, 0.15) is 46.5 Å². The minimum atomic E-state index is 0.0658. The van der Waals surface area contributed by atoms with Gasteiger partial charge in [0.15, 0.2) is 11.0 Å². The lowest BCUT2D eigenvalue weighted by molar-refractivity contribution is -0.131. The summed E-state index contributed by atoms with van der Waals surface area (Å²) in [4.78, 5) is 16.7. The molecule has 0 saturated heterocycles. The Balaban J connectivity index is 2.34. The van der Waals surface area contributed by atoms with Crippen molar-refractivity contribution in [2.24, 2.45) is 0 Å². The van der Waals surface area contributed by atoms with Gasteiger partial charge in [0.25, 0.3) is 0 Å². The lowest BCUT2D eigenvalue weighted by atomic mass is 10.2. The van der Waals surface area contributed by atoms with Crippen LogP contribution in [0.4, 0.5) is 0 Å². The van der Waals surface area contributed by atoms with E-state index in [2.05, 4.69) is 22.0 Å². The standard InChI is InChI=1S/C20H30ClN5OS/c1-13(2)25(14(3)4)18(27)12-28-20-23-22-19(15(5)24(6)7)26(20)17-10-8-16(21)9-11-17/h8-11,13-15H,12H2,1-7H3/t15-/m0/s1. The van der Waals surface area contributed by atoms with Gasteiger partial charge in [-0.1, -0.05) is 23.4 Å². The van der Waals surface area contributed by atoms with Gasteiger partial charge >= 0.3 is 0 Å². The molecule has 1 amide bonds. The van der Waals surface area contributed by atoms with Crippen molar-refractivity contribution in [1.82, 2.24) is 24.6 Å². The fourth-order valence-electron chi connectivity index (χ4n) is 3.08. The van der Waals surface area contributed by atoms with E-state index in [0.29, 0.717) is 15.9 Å². The smallest absolute Gasteiger partial charge is 0.233 e. The number of halogens is 1. The normalized spacial score (nSPS) is 12.8. The first-order valence-corrected chi connectivity index (χ1v) is 10.8. The Kier molecular flexibility index (Phi) is 7.92. The molecule has 2 aromatic rings. The first-order chi connectivity index (χ1) is 13.1. The quantitative estimate of drug-likeness (QED) is 0.593. The lowest BCUT2D eigenvalue weighted by Gasteiger charge is -2.30. The SMILES string of the molecule is CC(C)N(C(=O)CSc1nnc([C@H](C)N(C)C)n1-c1ccc(Cl)cc1)C(C)C. The number of hydrogen-bond donors (Lipinski definition) is 0. The zero-order valence-corrected chi connectivity index (χ0v) is 19.3. The van der Waals surface area contributed by atoms with Gasteiger partial charge in [0.2, 0.25) is 5.91 Å². The van der Waals surface area contributed by atoms with Crippen molar-refractivity contribution in [3.63, 3.8) is 0 Å². The maximum Gasteiger partial charge on any atom is 0.233 e. The van der Waals surface area contributed by atoms with Crippen molar-refractivity contribution in [3.05, 3.63) is 35.1 Å². The minimum Gasteiger partial charge on any atom is -0.337 e. The van der Waals surface area contributed by atoms with Crippen molar-refractivity contribution < 1.29 is 4.79 Å². The highest BCUT2D eigenvalue weighted by Gasteiger charge is 2.24. The highest BCUT2D eigenvalue weighted by Crippen LogP contribution is 2.28. The molecule has 0 unspecified atom stereocenters. The summed E-state index contributed by atoms with van der Waals surface area (Å²) in [6.07, 6.45) is 0. The molecule has 0 aliphatic heterocycles. The van der Waals surface area contributed by atoms with Gasteiger partial charge in [0.1, 0.15) is 0 Å². The number of thioether (sulfide) groups is 1. The Morgan fingerprint density at radius 2 is 1.64 bits per heavy atom. The Bertz CT molecular complexity index is 780. The molecular weight excluding hydrogens is 394 g/mol. The van der Waals surface area contributed by atoms with E-state index in [1.165, 1.54) is 11.8 Å². The molecule has 0 radical (unpaired) electrons. The lowest BCUT2D eigenvalue weighted by Crippen LogP contribution is -2.43. The predicted molar refractivity (Wildman–Crippen MR) is 116 cm³/mol. The van der Waals surface area contributed by atoms with E-state index in [1.807, 2.05) is 75.5 Å². The summed E-state index contributed by atoms with van der Waals surface area (Å²) in [5.41, 5.74) is 0.928. The van der Waals surface area contributed by atoms with E-state index >= 15 is 0 Å². The fourth-order valence-corrected chi connectivity index (χ4v) is 4.04. The molecule has 8 heteroatoms. The van der Waals surface area contributed by atoms with Crippen LogP contribution in [0, 0.1) is 0 Å². The first kappa shape index (κ1) is 22.7. The van der Waals surface area contributed by atoms with Crippen molar-refractivity contribution in [3.8, 4) is 5.69 Å². The van der Waals surface area contributed by atoms with E-state index in [0.717, 1.165) is 11.5 Å². The average Bonchev–Trinajstić information content (AvgIpc) is 3.03. The molecule has 2 rings (SSSR count). The van der Waals surface area contributed by atoms with Crippen LogP contribution in [0.3, 0.4) is 0 Å². The van der Waals surface area contributed by atoms with Gasteiger partial charge in [-0.25, -0.2) is 0 Å². The summed E-state index contributed by atoms with van der Waals surface area (Å²) < 4.78 is 2.01. The van der Waals surface area contributed by atoms with E-state index in [9.17, 15) is 4.79 Å². The number of carbonyl (C=O) groups is 1. The highest BCUT2D eigenvalue weighted by atomic mass is 35.5. The van der Waals surface area contributed by atoms with Crippen LogP contribution >= 0.6 is 23.4 Å². The number of amides is 1. The largest absolute Gasteiger partial charge is 0.337 e. The Hall–Kier alpha value is -1.57. The molecule has 1 aromatic heterocycles. The van der Waals surface area contributed by atoms with Crippen molar-refractivity contribution >= 4 is 29.3 Å². The number of hydrogen-bond acceptors (Lipinski definition) is 5. The summed E-state index contributed by atoms with van der Waals surface area (Å²) in [6.45, 7) is 10.2. The maximum absolute atomic E-state index is 12.8.